The lowest BCUT2D eigenvalue weighted by molar-refractivity contribution is -0.133. The predicted octanol–water partition coefficient (Wildman–Crippen LogP) is 3.62. The van der Waals surface area contributed by atoms with Crippen LogP contribution >= 0.6 is 0 Å². The standard InChI is InChI=1S/C17H34N2O/c1-4-6-8-15(7-5-2)19-16(20)17(13-18)11-9-14(3)10-12-17/h14-15H,4-13,18H2,1-3H3,(H,19,20). The van der Waals surface area contributed by atoms with E-state index in [9.17, 15) is 4.79 Å². The molecule has 1 aliphatic carbocycles. The van der Waals surface area contributed by atoms with Gasteiger partial charge >= 0.3 is 0 Å². The summed E-state index contributed by atoms with van der Waals surface area (Å²) < 4.78 is 0. The van der Waals surface area contributed by atoms with Gasteiger partial charge in [0, 0.05) is 12.6 Å². The van der Waals surface area contributed by atoms with E-state index in [-0.39, 0.29) is 11.3 Å². The van der Waals surface area contributed by atoms with Crippen LogP contribution in [0.15, 0.2) is 0 Å². The van der Waals surface area contributed by atoms with Crippen molar-refractivity contribution in [2.45, 2.75) is 84.6 Å². The quantitative estimate of drug-likeness (QED) is 0.714. The number of hydrogen-bond acceptors (Lipinski definition) is 2. The van der Waals surface area contributed by atoms with E-state index >= 15 is 0 Å². The van der Waals surface area contributed by atoms with Gasteiger partial charge in [0.25, 0.3) is 0 Å². The van der Waals surface area contributed by atoms with Gasteiger partial charge in [0.2, 0.25) is 5.91 Å². The van der Waals surface area contributed by atoms with Crippen molar-refractivity contribution < 1.29 is 4.79 Å². The highest BCUT2D eigenvalue weighted by molar-refractivity contribution is 5.83. The monoisotopic (exact) mass is 282 g/mol. The highest BCUT2D eigenvalue weighted by Gasteiger charge is 2.40. The maximum absolute atomic E-state index is 12.7. The van der Waals surface area contributed by atoms with Crippen LogP contribution in [0.1, 0.15) is 78.6 Å². The maximum atomic E-state index is 12.7. The molecule has 3 heteroatoms. The van der Waals surface area contributed by atoms with E-state index in [1.54, 1.807) is 0 Å². The van der Waals surface area contributed by atoms with Gasteiger partial charge in [-0.15, -0.1) is 0 Å². The third-order valence-electron chi connectivity index (χ3n) is 4.98. The van der Waals surface area contributed by atoms with Crippen molar-refractivity contribution in [3.8, 4) is 0 Å². The van der Waals surface area contributed by atoms with Gasteiger partial charge < -0.3 is 11.1 Å². The summed E-state index contributed by atoms with van der Waals surface area (Å²) in [4.78, 5) is 12.7. The number of hydrogen-bond donors (Lipinski definition) is 2. The average molecular weight is 282 g/mol. The van der Waals surface area contributed by atoms with E-state index in [0.717, 1.165) is 50.9 Å². The molecule has 1 unspecified atom stereocenters. The lowest BCUT2D eigenvalue weighted by atomic mass is 9.70. The molecule has 0 bridgehead atoms. The minimum Gasteiger partial charge on any atom is -0.353 e. The highest BCUT2D eigenvalue weighted by atomic mass is 16.2. The van der Waals surface area contributed by atoms with Crippen LogP contribution in [0.4, 0.5) is 0 Å². The van der Waals surface area contributed by atoms with Gasteiger partial charge in [0.05, 0.1) is 5.41 Å². The van der Waals surface area contributed by atoms with Gasteiger partial charge in [0.1, 0.15) is 0 Å². The van der Waals surface area contributed by atoms with Crippen LogP contribution in [-0.4, -0.2) is 18.5 Å². The fraction of sp³-hybridized carbons (Fsp3) is 0.941. The van der Waals surface area contributed by atoms with E-state index in [2.05, 4.69) is 26.1 Å². The van der Waals surface area contributed by atoms with E-state index in [1.807, 2.05) is 0 Å². The molecule has 0 aliphatic heterocycles. The van der Waals surface area contributed by atoms with Crippen molar-refractivity contribution in [2.24, 2.45) is 17.1 Å². The molecular weight excluding hydrogens is 248 g/mol. The highest BCUT2D eigenvalue weighted by Crippen LogP contribution is 2.38. The summed E-state index contributed by atoms with van der Waals surface area (Å²) in [5.41, 5.74) is 5.69. The molecular formula is C17H34N2O. The molecule has 0 radical (unpaired) electrons. The van der Waals surface area contributed by atoms with Crippen LogP contribution < -0.4 is 11.1 Å². The van der Waals surface area contributed by atoms with Crippen molar-refractivity contribution in [3.05, 3.63) is 0 Å². The Labute approximate surface area is 125 Å². The summed E-state index contributed by atoms with van der Waals surface area (Å²) in [5, 5.41) is 3.31. The second-order valence-corrected chi connectivity index (χ2v) is 6.77. The molecule has 1 amide bonds. The van der Waals surface area contributed by atoms with Crippen LogP contribution in [-0.2, 0) is 4.79 Å². The topological polar surface area (TPSA) is 55.1 Å². The fourth-order valence-electron chi connectivity index (χ4n) is 3.26. The number of carbonyl (C=O) groups excluding carboxylic acids is 1. The van der Waals surface area contributed by atoms with Crippen molar-refractivity contribution in [3.63, 3.8) is 0 Å². The zero-order valence-electron chi connectivity index (χ0n) is 13.7. The molecule has 1 fully saturated rings. The molecule has 3 N–H and O–H groups in total. The molecule has 0 spiro atoms. The first-order valence-electron chi connectivity index (χ1n) is 8.59. The van der Waals surface area contributed by atoms with Crippen molar-refractivity contribution in [1.29, 1.82) is 0 Å². The Balaban J connectivity index is 2.60. The van der Waals surface area contributed by atoms with Gasteiger partial charge in [-0.05, 0) is 44.4 Å². The predicted molar refractivity (Wildman–Crippen MR) is 85.5 cm³/mol. The van der Waals surface area contributed by atoms with E-state index < -0.39 is 0 Å². The molecule has 0 aromatic carbocycles. The average Bonchev–Trinajstić information content (AvgIpc) is 2.46. The third-order valence-corrected chi connectivity index (χ3v) is 4.98. The molecule has 1 saturated carbocycles. The zero-order chi connectivity index (χ0) is 15.0. The summed E-state index contributed by atoms with van der Waals surface area (Å²) in [5.74, 6) is 0.968. The molecule has 0 aromatic rings. The lowest BCUT2D eigenvalue weighted by Crippen LogP contribution is -2.50. The molecule has 1 atom stereocenters. The van der Waals surface area contributed by atoms with Crippen LogP contribution in [0.25, 0.3) is 0 Å². The summed E-state index contributed by atoms with van der Waals surface area (Å²) in [7, 11) is 0. The lowest BCUT2D eigenvalue weighted by Gasteiger charge is -2.38. The first-order chi connectivity index (χ1) is 9.57. The van der Waals surface area contributed by atoms with Crippen LogP contribution in [0, 0.1) is 11.3 Å². The summed E-state index contributed by atoms with van der Waals surface area (Å²) in [6.45, 7) is 7.17. The van der Waals surface area contributed by atoms with Gasteiger partial charge in [-0.2, -0.15) is 0 Å². The minimum absolute atomic E-state index is 0.224. The van der Waals surface area contributed by atoms with Gasteiger partial charge in [-0.25, -0.2) is 0 Å². The fourth-order valence-corrected chi connectivity index (χ4v) is 3.26. The molecule has 0 saturated heterocycles. The van der Waals surface area contributed by atoms with Crippen molar-refractivity contribution in [2.75, 3.05) is 6.54 Å². The van der Waals surface area contributed by atoms with Crippen molar-refractivity contribution >= 4 is 5.91 Å². The second-order valence-electron chi connectivity index (χ2n) is 6.77. The first kappa shape index (κ1) is 17.5. The minimum atomic E-state index is -0.287. The smallest absolute Gasteiger partial charge is 0.227 e. The maximum Gasteiger partial charge on any atom is 0.227 e. The SMILES string of the molecule is CCCCC(CCC)NC(=O)C1(CN)CCC(C)CC1. The Morgan fingerprint density at radius 3 is 2.40 bits per heavy atom. The van der Waals surface area contributed by atoms with E-state index in [1.165, 1.54) is 12.8 Å². The van der Waals surface area contributed by atoms with E-state index in [0.29, 0.717) is 12.6 Å². The Morgan fingerprint density at radius 2 is 1.90 bits per heavy atom. The number of unbranched alkanes of at least 4 members (excludes halogenated alkanes) is 1. The molecule has 0 aromatic heterocycles. The van der Waals surface area contributed by atoms with Crippen LogP contribution in [0.5, 0.6) is 0 Å². The number of nitrogens with two attached hydrogens (primary N) is 1. The summed E-state index contributed by atoms with van der Waals surface area (Å²) in [6, 6.07) is 0.343. The number of amides is 1. The number of rotatable bonds is 8. The van der Waals surface area contributed by atoms with Gasteiger partial charge in [-0.1, -0.05) is 40.0 Å². The zero-order valence-corrected chi connectivity index (χ0v) is 13.7. The van der Waals surface area contributed by atoms with Gasteiger partial charge in [0.15, 0.2) is 0 Å². The van der Waals surface area contributed by atoms with Gasteiger partial charge in [-0.3, -0.25) is 4.79 Å². The third kappa shape index (κ3) is 4.76. The molecule has 0 heterocycles. The molecule has 1 rings (SSSR count). The Bertz CT molecular complexity index is 283. The molecule has 20 heavy (non-hydrogen) atoms. The first-order valence-corrected chi connectivity index (χ1v) is 8.59. The Hall–Kier alpha value is -0.570. The van der Waals surface area contributed by atoms with Crippen LogP contribution in [0.3, 0.4) is 0 Å². The second kappa shape index (κ2) is 8.66. The summed E-state index contributed by atoms with van der Waals surface area (Å²) >= 11 is 0. The van der Waals surface area contributed by atoms with E-state index in [4.69, 9.17) is 5.73 Å². The molecule has 118 valence electrons. The number of carbonyl (C=O) groups is 1. The normalized spacial score (nSPS) is 28.1. The molecule has 1 aliphatic rings. The Kier molecular flexibility index (Phi) is 7.57. The largest absolute Gasteiger partial charge is 0.353 e. The number of nitrogens with one attached hydrogen (secondary N) is 1. The Morgan fingerprint density at radius 1 is 1.25 bits per heavy atom. The summed E-state index contributed by atoms with van der Waals surface area (Å²) in [6.07, 6.45) is 9.90. The molecule has 3 nitrogen and oxygen atoms in total. The van der Waals surface area contributed by atoms with Crippen molar-refractivity contribution in [1.82, 2.24) is 5.32 Å². The van der Waals surface area contributed by atoms with Crippen LogP contribution in [0.2, 0.25) is 0 Å².